The van der Waals surface area contributed by atoms with Crippen LogP contribution in [0.5, 0.6) is 0 Å². The molecule has 0 aliphatic heterocycles. The summed E-state index contributed by atoms with van der Waals surface area (Å²) in [7, 11) is -1.96. The Morgan fingerprint density at radius 3 is 2.67 bits per heavy atom. The summed E-state index contributed by atoms with van der Waals surface area (Å²) in [6, 6.07) is 7.12. The molecule has 0 aliphatic carbocycles. The van der Waals surface area contributed by atoms with Crippen molar-refractivity contribution in [2.24, 2.45) is 0 Å². The molecule has 0 aromatic heterocycles. The fourth-order valence-electron chi connectivity index (χ4n) is 1.48. The van der Waals surface area contributed by atoms with Crippen LogP contribution in [-0.2, 0) is 10.0 Å². The summed E-state index contributed by atoms with van der Waals surface area (Å²) < 4.78 is 24.6. The number of amides is 2. The van der Waals surface area contributed by atoms with Gasteiger partial charge in [-0.15, -0.1) is 11.8 Å². The van der Waals surface area contributed by atoms with Gasteiger partial charge in [0.05, 0.1) is 11.4 Å². The molecule has 0 spiro atoms. The van der Waals surface area contributed by atoms with Gasteiger partial charge in [0, 0.05) is 11.4 Å². The summed E-state index contributed by atoms with van der Waals surface area (Å²) >= 11 is 1.67. The van der Waals surface area contributed by atoms with Gasteiger partial charge in [-0.25, -0.2) is 17.9 Å². The van der Waals surface area contributed by atoms with Crippen molar-refractivity contribution in [3.8, 4) is 0 Å². The first-order valence-electron chi connectivity index (χ1n) is 6.66. The Morgan fingerprint density at radius 2 is 2.00 bits per heavy atom. The van der Waals surface area contributed by atoms with E-state index in [0.717, 1.165) is 22.8 Å². The van der Waals surface area contributed by atoms with E-state index >= 15 is 0 Å². The van der Waals surface area contributed by atoms with Crippen molar-refractivity contribution in [2.45, 2.75) is 18.2 Å². The number of urea groups is 1. The maximum atomic E-state index is 11.8. The predicted molar refractivity (Wildman–Crippen MR) is 87.3 cm³/mol. The third-order valence-corrected chi connectivity index (χ3v) is 5.21. The molecule has 1 aromatic carbocycles. The number of hydrogen-bond donors (Lipinski definition) is 3. The predicted octanol–water partition coefficient (Wildman–Crippen LogP) is 1.86. The number of benzene rings is 1. The minimum atomic E-state index is -3.30. The van der Waals surface area contributed by atoms with Crippen LogP contribution in [0.2, 0.25) is 0 Å². The highest BCUT2D eigenvalue weighted by Gasteiger charge is 2.09. The maximum Gasteiger partial charge on any atom is 0.319 e. The molecule has 0 atom stereocenters. The number of anilines is 1. The second-order valence-corrected chi connectivity index (χ2v) is 7.43. The minimum absolute atomic E-state index is 0.0548. The number of thioether (sulfide) groups is 1. The fourth-order valence-corrected chi connectivity index (χ4v) is 2.92. The van der Waals surface area contributed by atoms with Crippen molar-refractivity contribution in [2.75, 3.05) is 30.4 Å². The van der Waals surface area contributed by atoms with Crippen molar-refractivity contribution in [1.29, 1.82) is 0 Å². The number of hydrogen-bond acceptors (Lipinski definition) is 4. The van der Waals surface area contributed by atoms with Crippen molar-refractivity contribution in [3.05, 3.63) is 24.3 Å². The van der Waals surface area contributed by atoms with E-state index in [0.29, 0.717) is 0 Å². The van der Waals surface area contributed by atoms with E-state index in [9.17, 15) is 13.2 Å². The van der Waals surface area contributed by atoms with E-state index in [4.69, 9.17) is 0 Å². The number of carbonyl (C=O) groups is 1. The van der Waals surface area contributed by atoms with Crippen molar-refractivity contribution in [1.82, 2.24) is 10.0 Å². The van der Waals surface area contributed by atoms with E-state index in [-0.39, 0.29) is 12.3 Å². The molecule has 0 aliphatic rings. The zero-order chi connectivity index (χ0) is 15.7. The maximum absolute atomic E-state index is 11.8. The quantitative estimate of drug-likeness (QED) is 0.635. The Bertz CT molecular complexity index is 562. The number of para-hydroxylation sites is 1. The number of sulfonamides is 1. The summed E-state index contributed by atoms with van der Waals surface area (Å²) in [5.41, 5.74) is 0.727. The van der Waals surface area contributed by atoms with Crippen LogP contribution >= 0.6 is 11.8 Å². The molecule has 0 unspecified atom stereocenters. The Kier molecular flexibility index (Phi) is 7.55. The molecule has 0 saturated heterocycles. The highest BCUT2D eigenvalue weighted by atomic mass is 32.2. The molecule has 1 aromatic rings. The third kappa shape index (κ3) is 6.83. The lowest BCUT2D eigenvalue weighted by atomic mass is 10.3. The van der Waals surface area contributed by atoms with Gasteiger partial charge in [0.1, 0.15) is 0 Å². The van der Waals surface area contributed by atoms with Gasteiger partial charge in [-0.3, -0.25) is 0 Å². The standard InChI is InChI=1S/C13H21N3O3S2/c1-3-9-20-12-7-5-4-6-11(12)16-13(17)15-8-10-21(18,19)14-2/h4-7,14H,3,8-10H2,1-2H3,(H2,15,16,17). The highest BCUT2D eigenvalue weighted by molar-refractivity contribution is 7.99. The lowest BCUT2D eigenvalue weighted by Gasteiger charge is -2.11. The Balaban J connectivity index is 2.51. The average molecular weight is 331 g/mol. The Labute approximate surface area is 130 Å². The first-order chi connectivity index (χ1) is 9.98. The van der Waals surface area contributed by atoms with Crippen LogP contribution in [-0.4, -0.2) is 39.5 Å². The van der Waals surface area contributed by atoms with Crippen LogP contribution in [0.15, 0.2) is 29.2 Å². The monoisotopic (exact) mass is 331 g/mol. The molecule has 0 fully saturated rings. The average Bonchev–Trinajstić information content (AvgIpc) is 2.46. The van der Waals surface area contributed by atoms with Crippen molar-refractivity contribution < 1.29 is 13.2 Å². The molecule has 3 N–H and O–H groups in total. The summed E-state index contributed by atoms with van der Waals surface area (Å²) in [5, 5.41) is 5.26. The second-order valence-electron chi connectivity index (χ2n) is 4.25. The van der Waals surface area contributed by atoms with Gasteiger partial charge in [0.2, 0.25) is 10.0 Å². The molecule has 118 valence electrons. The molecular weight excluding hydrogens is 310 g/mol. The van der Waals surface area contributed by atoms with Gasteiger partial charge >= 0.3 is 6.03 Å². The van der Waals surface area contributed by atoms with Gasteiger partial charge in [-0.2, -0.15) is 0 Å². The SMILES string of the molecule is CCCSc1ccccc1NC(=O)NCCS(=O)(=O)NC. The summed E-state index contributed by atoms with van der Waals surface area (Å²) in [6.07, 6.45) is 1.05. The largest absolute Gasteiger partial charge is 0.337 e. The van der Waals surface area contributed by atoms with Gasteiger partial charge in [-0.05, 0) is 31.4 Å². The Hall–Kier alpha value is -1.25. The number of nitrogens with one attached hydrogen (secondary N) is 3. The molecule has 8 heteroatoms. The van der Waals surface area contributed by atoms with E-state index in [2.05, 4.69) is 22.3 Å². The summed E-state index contributed by atoms with van der Waals surface area (Å²) in [6.45, 7) is 2.15. The van der Waals surface area contributed by atoms with E-state index in [1.54, 1.807) is 11.8 Å². The summed E-state index contributed by atoms with van der Waals surface area (Å²) in [5.74, 6) is 0.823. The van der Waals surface area contributed by atoms with Gasteiger partial charge < -0.3 is 10.6 Å². The first kappa shape index (κ1) is 17.8. The molecule has 0 saturated carbocycles. The molecule has 6 nitrogen and oxygen atoms in total. The highest BCUT2D eigenvalue weighted by Crippen LogP contribution is 2.27. The molecule has 1 rings (SSSR count). The zero-order valence-electron chi connectivity index (χ0n) is 12.2. The van der Waals surface area contributed by atoms with Crippen LogP contribution in [0.1, 0.15) is 13.3 Å². The Morgan fingerprint density at radius 1 is 1.29 bits per heavy atom. The van der Waals surface area contributed by atoms with Gasteiger partial charge in [-0.1, -0.05) is 19.1 Å². The first-order valence-corrected chi connectivity index (χ1v) is 9.30. The van der Waals surface area contributed by atoms with Crippen LogP contribution < -0.4 is 15.4 Å². The molecular formula is C13H21N3O3S2. The molecule has 2 amide bonds. The van der Waals surface area contributed by atoms with Gasteiger partial charge in [0.25, 0.3) is 0 Å². The molecule has 0 bridgehead atoms. The smallest absolute Gasteiger partial charge is 0.319 e. The van der Waals surface area contributed by atoms with Crippen LogP contribution in [0.25, 0.3) is 0 Å². The van der Waals surface area contributed by atoms with Crippen molar-refractivity contribution >= 4 is 33.5 Å². The second kappa shape index (κ2) is 8.91. The summed E-state index contributed by atoms with van der Waals surface area (Å²) in [4.78, 5) is 12.8. The number of carbonyl (C=O) groups excluding carboxylic acids is 1. The zero-order valence-corrected chi connectivity index (χ0v) is 13.8. The van der Waals surface area contributed by atoms with E-state index < -0.39 is 16.1 Å². The van der Waals surface area contributed by atoms with Crippen LogP contribution in [0.3, 0.4) is 0 Å². The molecule has 0 radical (unpaired) electrons. The minimum Gasteiger partial charge on any atom is -0.337 e. The topological polar surface area (TPSA) is 87.3 Å². The third-order valence-electron chi connectivity index (χ3n) is 2.56. The fraction of sp³-hybridized carbons (Fsp3) is 0.462. The van der Waals surface area contributed by atoms with E-state index in [1.807, 2.05) is 24.3 Å². The van der Waals surface area contributed by atoms with Crippen LogP contribution in [0.4, 0.5) is 10.5 Å². The van der Waals surface area contributed by atoms with Gasteiger partial charge in [0.15, 0.2) is 0 Å². The molecule has 21 heavy (non-hydrogen) atoms. The van der Waals surface area contributed by atoms with Crippen molar-refractivity contribution in [3.63, 3.8) is 0 Å². The normalized spacial score (nSPS) is 11.1. The molecule has 0 heterocycles. The lowest BCUT2D eigenvalue weighted by molar-refractivity contribution is 0.252. The van der Waals surface area contributed by atoms with Crippen LogP contribution in [0, 0.1) is 0 Å². The number of rotatable bonds is 8. The van der Waals surface area contributed by atoms with E-state index in [1.165, 1.54) is 7.05 Å². The lowest BCUT2D eigenvalue weighted by Crippen LogP contribution is -2.35.